The third kappa shape index (κ3) is 3.93. The zero-order valence-electron chi connectivity index (χ0n) is 12.9. The Morgan fingerprint density at radius 1 is 1.20 bits per heavy atom. The van der Waals surface area contributed by atoms with E-state index in [2.05, 4.69) is 11.8 Å². The van der Waals surface area contributed by atoms with Crippen LogP contribution in [0.25, 0.3) is 0 Å². The van der Waals surface area contributed by atoms with Gasteiger partial charge in [-0.15, -0.1) is 0 Å². The molecule has 2 fully saturated rings. The third-order valence-electron chi connectivity index (χ3n) is 4.79. The van der Waals surface area contributed by atoms with Crippen LogP contribution in [0.5, 0.6) is 0 Å². The Morgan fingerprint density at radius 3 is 2.35 bits per heavy atom. The lowest BCUT2D eigenvalue weighted by molar-refractivity contribution is -0.136. The molecule has 1 saturated carbocycles. The van der Waals surface area contributed by atoms with Gasteiger partial charge in [0.25, 0.3) is 0 Å². The van der Waals surface area contributed by atoms with Crippen LogP contribution < -0.4 is 5.73 Å². The van der Waals surface area contributed by atoms with Gasteiger partial charge in [0.1, 0.15) is 6.04 Å². The molecule has 1 aliphatic heterocycles. The van der Waals surface area contributed by atoms with Crippen molar-refractivity contribution in [1.82, 2.24) is 9.80 Å². The molecule has 2 aliphatic rings. The number of amides is 1. The highest BCUT2D eigenvalue weighted by atomic mass is 16.5. The lowest BCUT2D eigenvalue weighted by Gasteiger charge is -2.42. The number of nitrogens with zero attached hydrogens (tertiary/aromatic N) is 2. The number of ether oxygens (including phenoxy) is 1. The molecule has 1 aliphatic carbocycles. The number of hydrogen-bond acceptors (Lipinski definition) is 4. The molecule has 1 saturated heterocycles. The second kappa shape index (κ2) is 7.38. The Morgan fingerprint density at radius 2 is 1.80 bits per heavy atom. The van der Waals surface area contributed by atoms with Crippen LogP contribution in [0.2, 0.25) is 0 Å². The first-order valence-electron chi connectivity index (χ1n) is 7.89. The summed E-state index contributed by atoms with van der Waals surface area (Å²) in [6, 6.07) is 0.221. The average molecular weight is 283 g/mol. The van der Waals surface area contributed by atoms with E-state index >= 15 is 0 Å². The molecule has 5 heteroatoms. The van der Waals surface area contributed by atoms with E-state index in [0.29, 0.717) is 6.61 Å². The summed E-state index contributed by atoms with van der Waals surface area (Å²) in [4.78, 5) is 16.6. The minimum absolute atomic E-state index is 0.0313. The topological polar surface area (TPSA) is 58.8 Å². The first kappa shape index (κ1) is 15.7. The first-order chi connectivity index (χ1) is 9.61. The monoisotopic (exact) mass is 283 g/mol. The molecule has 2 N–H and O–H groups in total. The van der Waals surface area contributed by atoms with E-state index < -0.39 is 6.04 Å². The van der Waals surface area contributed by atoms with Gasteiger partial charge < -0.3 is 15.4 Å². The highest BCUT2D eigenvalue weighted by Crippen LogP contribution is 2.27. The van der Waals surface area contributed by atoms with Crippen LogP contribution in [-0.2, 0) is 9.53 Å². The van der Waals surface area contributed by atoms with Gasteiger partial charge in [-0.25, -0.2) is 0 Å². The Balaban J connectivity index is 1.76. The van der Waals surface area contributed by atoms with E-state index in [9.17, 15) is 4.79 Å². The second-order valence-corrected chi connectivity index (χ2v) is 6.34. The summed E-state index contributed by atoms with van der Waals surface area (Å²) < 4.78 is 4.96. The largest absolute Gasteiger partial charge is 0.383 e. The normalized spacial score (nSPS) is 30.2. The third-order valence-corrected chi connectivity index (χ3v) is 4.79. The van der Waals surface area contributed by atoms with E-state index in [1.165, 1.54) is 25.7 Å². The molecular weight excluding hydrogens is 254 g/mol. The molecular formula is C15H29N3O2. The number of nitrogens with two attached hydrogens (primary N) is 1. The van der Waals surface area contributed by atoms with Crippen molar-refractivity contribution in [2.45, 2.75) is 44.7 Å². The highest BCUT2D eigenvalue weighted by molar-refractivity contribution is 5.81. The Hall–Kier alpha value is -0.650. The fraction of sp³-hybridized carbons (Fsp3) is 0.933. The minimum Gasteiger partial charge on any atom is -0.383 e. The maximum absolute atomic E-state index is 12.1. The molecule has 1 heterocycles. The van der Waals surface area contributed by atoms with Crippen molar-refractivity contribution in [2.75, 3.05) is 39.9 Å². The molecule has 1 atom stereocenters. The number of carbonyl (C=O) groups is 1. The molecule has 0 radical (unpaired) electrons. The van der Waals surface area contributed by atoms with Gasteiger partial charge in [-0.1, -0.05) is 6.92 Å². The van der Waals surface area contributed by atoms with Gasteiger partial charge in [0, 0.05) is 39.3 Å². The van der Waals surface area contributed by atoms with Crippen LogP contribution in [0.15, 0.2) is 0 Å². The van der Waals surface area contributed by atoms with E-state index in [4.69, 9.17) is 10.5 Å². The van der Waals surface area contributed by atoms with Gasteiger partial charge in [-0.3, -0.25) is 9.69 Å². The van der Waals surface area contributed by atoms with E-state index in [1.807, 2.05) is 4.90 Å². The van der Waals surface area contributed by atoms with Crippen molar-refractivity contribution >= 4 is 5.91 Å². The predicted molar refractivity (Wildman–Crippen MR) is 79.4 cm³/mol. The standard InChI is InChI=1S/C15H29N3O2/c1-12-3-5-13(6-4-12)17-7-9-18(10-8-17)15(19)14(16)11-20-2/h12-14H,3-11,16H2,1-2H3. The molecule has 0 aromatic rings. The fourth-order valence-corrected chi connectivity index (χ4v) is 3.40. The summed E-state index contributed by atoms with van der Waals surface area (Å²) in [6.07, 6.45) is 5.33. The number of carbonyl (C=O) groups excluding carboxylic acids is 1. The van der Waals surface area contributed by atoms with E-state index in [0.717, 1.165) is 38.1 Å². The van der Waals surface area contributed by atoms with Gasteiger partial charge in [0.05, 0.1) is 6.61 Å². The van der Waals surface area contributed by atoms with E-state index in [1.54, 1.807) is 7.11 Å². The van der Waals surface area contributed by atoms with Crippen molar-refractivity contribution in [3.8, 4) is 0 Å². The molecule has 0 aromatic carbocycles. The van der Waals surface area contributed by atoms with Crippen LogP contribution >= 0.6 is 0 Å². The molecule has 5 nitrogen and oxygen atoms in total. The maximum atomic E-state index is 12.1. The van der Waals surface area contributed by atoms with Crippen molar-refractivity contribution in [3.63, 3.8) is 0 Å². The molecule has 20 heavy (non-hydrogen) atoms. The summed E-state index contributed by atoms with van der Waals surface area (Å²) in [5.74, 6) is 0.921. The zero-order valence-corrected chi connectivity index (χ0v) is 12.9. The lowest BCUT2D eigenvalue weighted by atomic mass is 9.86. The number of rotatable bonds is 4. The molecule has 0 spiro atoms. The summed E-state index contributed by atoms with van der Waals surface area (Å²) >= 11 is 0. The van der Waals surface area contributed by atoms with Crippen LogP contribution in [0.4, 0.5) is 0 Å². The lowest BCUT2D eigenvalue weighted by Crippen LogP contribution is -2.56. The van der Waals surface area contributed by atoms with E-state index in [-0.39, 0.29) is 5.91 Å². The Kier molecular flexibility index (Phi) is 5.81. The minimum atomic E-state index is -0.512. The van der Waals surface area contributed by atoms with Crippen molar-refractivity contribution < 1.29 is 9.53 Å². The second-order valence-electron chi connectivity index (χ2n) is 6.34. The predicted octanol–water partition coefficient (Wildman–Crippen LogP) is 0.683. The van der Waals surface area contributed by atoms with Crippen molar-refractivity contribution in [3.05, 3.63) is 0 Å². The Labute approximate surface area is 122 Å². The van der Waals surface area contributed by atoms with Crippen LogP contribution in [0, 0.1) is 5.92 Å². The molecule has 116 valence electrons. The SMILES string of the molecule is COCC(N)C(=O)N1CCN(C2CCC(C)CC2)CC1. The average Bonchev–Trinajstić information content (AvgIpc) is 2.48. The highest BCUT2D eigenvalue weighted by Gasteiger charge is 2.29. The van der Waals surface area contributed by atoms with Gasteiger partial charge in [0.2, 0.25) is 5.91 Å². The number of hydrogen-bond donors (Lipinski definition) is 1. The van der Waals surface area contributed by atoms with Crippen molar-refractivity contribution in [1.29, 1.82) is 0 Å². The van der Waals surface area contributed by atoms with Gasteiger partial charge in [-0.05, 0) is 31.6 Å². The number of methoxy groups -OCH3 is 1. The molecule has 1 amide bonds. The van der Waals surface area contributed by atoms with Crippen molar-refractivity contribution in [2.24, 2.45) is 11.7 Å². The summed E-state index contributed by atoms with van der Waals surface area (Å²) in [5.41, 5.74) is 5.82. The molecule has 1 unspecified atom stereocenters. The molecule has 0 bridgehead atoms. The quantitative estimate of drug-likeness (QED) is 0.824. The summed E-state index contributed by atoms with van der Waals surface area (Å²) in [6.45, 7) is 6.25. The molecule has 0 aromatic heterocycles. The van der Waals surface area contributed by atoms with Gasteiger partial charge in [0.15, 0.2) is 0 Å². The number of piperazine rings is 1. The van der Waals surface area contributed by atoms with Crippen LogP contribution in [0.3, 0.4) is 0 Å². The summed E-state index contributed by atoms with van der Waals surface area (Å²) in [7, 11) is 1.58. The fourth-order valence-electron chi connectivity index (χ4n) is 3.40. The molecule has 2 rings (SSSR count). The zero-order chi connectivity index (χ0) is 14.5. The summed E-state index contributed by atoms with van der Waals surface area (Å²) in [5, 5.41) is 0. The first-order valence-corrected chi connectivity index (χ1v) is 7.89. The Bertz CT molecular complexity index is 308. The smallest absolute Gasteiger partial charge is 0.241 e. The van der Waals surface area contributed by atoms with Crippen LogP contribution in [-0.4, -0.2) is 67.7 Å². The van der Waals surface area contributed by atoms with Gasteiger partial charge in [-0.2, -0.15) is 0 Å². The van der Waals surface area contributed by atoms with Crippen LogP contribution in [0.1, 0.15) is 32.6 Å². The van der Waals surface area contributed by atoms with Gasteiger partial charge >= 0.3 is 0 Å². The maximum Gasteiger partial charge on any atom is 0.241 e.